The predicted octanol–water partition coefficient (Wildman–Crippen LogP) is 3.44. The third-order valence-corrected chi connectivity index (χ3v) is 2.39. The highest BCUT2D eigenvalue weighted by Crippen LogP contribution is 2.05. The molecule has 0 radical (unpaired) electrons. The van der Waals surface area contributed by atoms with E-state index in [9.17, 15) is 0 Å². The summed E-state index contributed by atoms with van der Waals surface area (Å²) in [4.78, 5) is 0. The molecule has 0 N–H and O–H groups in total. The van der Waals surface area contributed by atoms with Gasteiger partial charge in [-0.05, 0) is 18.9 Å². The lowest BCUT2D eigenvalue weighted by Gasteiger charge is -1.99. The summed E-state index contributed by atoms with van der Waals surface area (Å²) in [6.45, 7) is 3.67. The first-order valence-corrected chi connectivity index (χ1v) is 6.00. The quantitative estimate of drug-likeness (QED) is 0.473. The van der Waals surface area contributed by atoms with Crippen molar-refractivity contribution in [2.24, 2.45) is 0 Å². The molecule has 0 aromatic carbocycles. The van der Waals surface area contributed by atoms with Gasteiger partial charge in [0.15, 0.2) is 6.29 Å². The Labute approximate surface area is 93.0 Å². The zero-order valence-electron chi connectivity index (χ0n) is 9.65. The van der Waals surface area contributed by atoms with E-state index in [2.05, 4.69) is 19.1 Å². The van der Waals surface area contributed by atoms with Crippen LogP contribution in [0.2, 0.25) is 0 Å². The van der Waals surface area contributed by atoms with E-state index >= 15 is 0 Å². The molecule has 1 saturated heterocycles. The molecule has 1 aliphatic heterocycles. The summed E-state index contributed by atoms with van der Waals surface area (Å²) in [7, 11) is 0. The van der Waals surface area contributed by atoms with Crippen LogP contribution in [0.1, 0.15) is 39.0 Å². The van der Waals surface area contributed by atoms with Gasteiger partial charge >= 0.3 is 0 Å². The third kappa shape index (κ3) is 6.47. The highest BCUT2D eigenvalue weighted by atomic mass is 16.7. The molecule has 15 heavy (non-hydrogen) atoms. The van der Waals surface area contributed by atoms with Gasteiger partial charge in [-0.1, -0.05) is 44.4 Å². The van der Waals surface area contributed by atoms with Gasteiger partial charge < -0.3 is 9.47 Å². The maximum atomic E-state index is 5.27. The molecule has 0 unspecified atom stereocenters. The van der Waals surface area contributed by atoms with Crippen LogP contribution in [0.15, 0.2) is 24.3 Å². The van der Waals surface area contributed by atoms with Crippen LogP contribution in [0.5, 0.6) is 0 Å². The molecule has 1 aliphatic rings. The topological polar surface area (TPSA) is 18.5 Å². The van der Waals surface area contributed by atoms with Crippen molar-refractivity contribution in [1.29, 1.82) is 0 Å². The molecule has 0 bridgehead atoms. The Hall–Kier alpha value is -0.600. The smallest absolute Gasteiger partial charge is 0.177 e. The molecule has 0 aromatic heterocycles. The highest BCUT2D eigenvalue weighted by Gasteiger charge is 2.10. The number of hydrogen-bond donors (Lipinski definition) is 0. The standard InChI is InChI=1S/C13H22O2/c1-2-3-4-5-6-7-8-9-10-13-14-11-12-15-13/h7-10,13H,2-6,11-12H2,1H3/b8-7+,10-9+. The molecule has 2 heteroatoms. The van der Waals surface area contributed by atoms with Crippen molar-refractivity contribution < 1.29 is 9.47 Å². The molecule has 0 spiro atoms. The normalized spacial score (nSPS) is 18.5. The molecule has 2 nitrogen and oxygen atoms in total. The Morgan fingerprint density at radius 1 is 1.07 bits per heavy atom. The Bertz CT molecular complexity index is 191. The number of ether oxygens (including phenoxy) is 2. The fourth-order valence-corrected chi connectivity index (χ4v) is 1.51. The van der Waals surface area contributed by atoms with E-state index in [1.807, 2.05) is 12.2 Å². The molecule has 0 amide bonds. The van der Waals surface area contributed by atoms with Crippen LogP contribution in [0.3, 0.4) is 0 Å². The van der Waals surface area contributed by atoms with Gasteiger partial charge in [0.2, 0.25) is 0 Å². The summed E-state index contributed by atoms with van der Waals surface area (Å²) >= 11 is 0. The first-order chi connectivity index (χ1) is 7.43. The number of unbranched alkanes of at least 4 members (excludes halogenated alkanes) is 4. The van der Waals surface area contributed by atoms with Crippen molar-refractivity contribution >= 4 is 0 Å². The molecule has 0 aliphatic carbocycles. The maximum Gasteiger partial charge on any atom is 0.177 e. The molecule has 86 valence electrons. The number of hydrogen-bond acceptors (Lipinski definition) is 2. The first kappa shape index (κ1) is 12.5. The maximum absolute atomic E-state index is 5.27. The minimum atomic E-state index is -0.116. The second-order valence-corrected chi connectivity index (χ2v) is 3.77. The fraction of sp³-hybridized carbons (Fsp3) is 0.692. The molecular formula is C13H22O2. The third-order valence-electron chi connectivity index (χ3n) is 2.39. The summed E-state index contributed by atoms with van der Waals surface area (Å²) in [6.07, 6.45) is 14.6. The van der Waals surface area contributed by atoms with Crippen LogP contribution in [0, 0.1) is 0 Å². The molecule has 1 heterocycles. The minimum Gasteiger partial charge on any atom is -0.347 e. The van der Waals surface area contributed by atoms with Crippen LogP contribution < -0.4 is 0 Å². The van der Waals surface area contributed by atoms with E-state index in [4.69, 9.17) is 9.47 Å². The lowest BCUT2D eigenvalue weighted by molar-refractivity contribution is -0.00152. The lowest BCUT2D eigenvalue weighted by atomic mass is 10.1. The Balaban J connectivity index is 1.95. The molecule has 0 aromatic rings. The SMILES string of the molecule is CCCCCC/C=C/C=C/C1OCCO1. The molecular weight excluding hydrogens is 188 g/mol. The van der Waals surface area contributed by atoms with Crippen LogP contribution in [0.4, 0.5) is 0 Å². The van der Waals surface area contributed by atoms with Crippen molar-refractivity contribution in [3.8, 4) is 0 Å². The van der Waals surface area contributed by atoms with Crippen molar-refractivity contribution in [2.75, 3.05) is 13.2 Å². The fourth-order valence-electron chi connectivity index (χ4n) is 1.51. The van der Waals surface area contributed by atoms with Gasteiger partial charge in [-0.15, -0.1) is 0 Å². The van der Waals surface area contributed by atoms with Crippen molar-refractivity contribution in [2.45, 2.75) is 45.3 Å². The van der Waals surface area contributed by atoms with E-state index in [1.54, 1.807) is 0 Å². The Morgan fingerprint density at radius 3 is 2.60 bits per heavy atom. The van der Waals surface area contributed by atoms with Crippen LogP contribution in [-0.2, 0) is 9.47 Å². The average molecular weight is 210 g/mol. The van der Waals surface area contributed by atoms with Crippen molar-refractivity contribution in [1.82, 2.24) is 0 Å². The van der Waals surface area contributed by atoms with Gasteiger partial charge in [-0.3, -0.25) is 0 Å². The summed E-state index contributed by atoms with van der Waals surface area (Å²) in [6, 6.07) is 0. The van der Waals surface area contributed by atoms with Gasteiger partial charge in [-0.2, -0.15) is 0 Å². The van der Waals surface area contributed by atoms with E-state index < -0.39 is 0 Å². The van der Waals surface area contributed by atoms with Crippen LogP contribution in [-0.4, -0.2) is 19.5 Å². The van der Waals surface area contributed by atoms with E-state index in [0.29, 0.717) is 0 Å². The largest absolute Gasteiger partial charge is 0.347 e. The summed E-state index contributed by atoms with van der Waals surface area (Å²) < 4.78 is 10.5. The van der Waals surface area contributed by atoms with Crippen LogP contribution >= 0.6 is 0 Å². The molecule has 0 atom stereocenters. The summed E-state index contributed by atoms with van der Waals surface area (Å²) in [5.74, 6) is 0. The number of rotatable bonds is 7. The van der Waals surface area contributed by atoms with Gasteiger partial charge in [0.25, 0.3) is 0 Å². The van der Waals surface area contributed by atoms with Gasteiger partial charge in [0, 0.05) is 0 Å². The monoisotopic (exact) mass is 210 g/mol. The van der Waals surface area contributed by atoms with Crippen LogP contribution in [0.25, 0.3) is 0 Å². The first-order valence-electron chi connectivity index (χ1n) is 6.00. The predicted molar refractivity (Wildman–Crippen MR) is 62.7 cm³/mol. The molecule has 1 rings (SSSR count). The van der Waals surface area contributed by atoms with E-state index in [0.717, 1.165) is 13.2 Å². The second kappa shape index (κ2) is 8.69. The Morgan fingerprint density at radius 2 is 1.87 bits per heavy atom. The highest BCUT2D eigenvalue weighted by molar-refractivity contribution is 5.03. The minimum absolute atomic E-state index is 0.116. The second-order valence-electron chi connectivity index (χ2n) is 3.77. The molecule has 0 saturated carbocycles. The molecule has 1 fully saturated rings. The van der Waals surface area contributed by atoms with Gasteiger partial charge in [0.1, 0.15) is 0 Å². The average Bonchev–Trinajstić information content (AvgIpc) is 2.75. The van der Waals surface area contributed by atoms with Gasteiger partial charge in [-0.25, -0.2) is 0 Å². The Kier molecular flexibility index (Phi) is 7.22. The van der Waals surface area contributed by atoms with E-state index in [1.165, 1.54) is 32.1 Å². The van der Waals surface area contributed by atoms with E-state index in [-0.39, 0.29) is 6.29 Å². The lowest BCUT2D eigenvalue weighted by Crippen LogP contribution is -2.01. The van der Waals surface area contributed by atoms with Crippen molar-refractivity contribution in [3.05, 3.63) is 24.3 Å². The zero-order valence-corrected chi connectivity index (χ0v) is 9.65. The summed E-state index contributed by atoms with van der Waals surface area (Å²) in [5.41, 5.74) is 0. The van der Waals surface area contributed by atoms with Gasteiger partial charge in [0.05, 0.1) is 13.2 Å². The summed E-state index contributed by atoms with van der Waals surface area (Å²) in [5, 5.41) is 0. The van der Waals surface area contributed by atoms with Crippen molar-refractivity contribution in [3.63, 3.8) is 0 Å². The zero-order chi connectivity index (χ0) is 10.8. The number of allylic oxidation sites excluding steroid dienone is 3.